The largest absolute Gasteiger partial charge is 0.379 e. The maximum absolute atomic E-state index is 5.51. The van der Waals surface area contributed by atoms with Crippen molar-refractivity contribution in [2.75, 3.05) is 32.2 Å². The van der Waals surface area contributed by atoms with Gasteiger partial charge in [-0.15, -0.1) is 11.6 Å². The zero-order valence-corrected chi connectivity index (χ0v) is 9.39. The predicted octanol–water partition coefficient (Wildman–Crippen LogP) is 1.97. The lowest BCUT2D eigenvalue weighted by Gasteiger charge is -2.20. The van der Waals surface area contributed by atoms with Gasteiger partial charge in [-0.1, -0.05) is 6.92 Å². The average molecular weight is 206 g/mol. The number of hydrogen-bond acceptors (Lipinski definition) is 2. The minimum Gasteiger partial charge on any atom is -0.379 e. The minimum atomic E-state index is 0.603. The van der Waals surface area contributed by atoms with Gasteiger partial charge in [-0.25, -0.2) is 0 Å². The normalized spacial score (nSPS) is 29.8. The topological polar surface area (TPSA) is 12.5 Å². The van der Waals surface area contributed by atoms with E-state index in [4.69, 9.17) is 16.3 Å². The van der Waals surface area contributed by atoms with Gasteiger partial charge >= 0.3 is 0 Å². The molecule has 0 aromatic carbocycles. The van der Waals surface area contributed by atoms with Crippen molar-refractivity contribution in [3.63, 3.8) is 0 Å². The van der Waals surface area contributed by atoms with E-state index in [1.165, 1.54) is 13.0 Å². The van der Waals surface area contributed by atoms with Crippen molar-refractivity contribution in [2.24, 2.45) is 5.92 Å². The van der Waals surface area contributed by atoms with Crippen LogP contribution in [0.4, 0.5) is 0 Å². The monoisotopic (exact) mass is 205 g/mol. The van der Waals surface area contributed by atoms with Crippen LogP contribution in [0.1, 0.15) is 20.3 Å². The summed E-state index contributed by atoms with van der Waals surface area (Å²) >= 11 is 5.51. The highest BCUT2D eigenvalue weighted by Crippen LogP contribution is 2.21. The van der Waals surface area contributed by atoms with Crippen LogP contribution in [0.2, 0.25) is 0 Å². The van der Waals surface area contributed by atoms with Crippen molar-refractivity contribution in [3.8, 4) is 0 Å². The number of nitrogens with zero attached hydrogens (tertiary/aromatic N) is 1. The molecule has 0 amide bonds. The van der Waals surface area contributed by atoms with E-state index in [0.717, 1.165) is 25.1 Å². The Bertz CT molecular complexity index is 143. The van der Waals surface area contributed by atoms with Gasteiger partial charge in [-0.3, -0.25) is 4.90 Å². The molecule has 2 atom stereocenters. The summed E-state index contributed by atoms with van der Waals surface area (Å²) in [4.78, 5) is 2.50. The fraction of sp³-hybridized carbons (Fsp3) is 1.00. The Balaban J connectivity index is 2.07. The van der Waals surface area contributed by atoms with E-state index in [-0.39, 0.29) is 0 Å². The Morgan fingerprint density at radius 3 is 2.69 bits per heavy atom. The third kappa shape index (κ3) is 3.84. The molecule has 3 heteroatoms. The number of halogens is 1. The van der Waals surface area contributed by atoms with Crippen molar-refractivity contribution in [2.45, 2.75) is 26.3 Å². The molecule has 0 spiro atoms. The molecule has 0 aromatic rings. The molecule has 0 N–H and O–H groups in total. The van der Waals surface area contributed by atoms with Gasteiger partial charge in [0, 0.05) is 25.0 Å². The lowest BCUT2D eigenvalue weighted by Crippen LogP contribution is -2.30. The van der Waals surface area contributed by atoms with Crippen LogP contribution in [0.15, 0.2) is 0 Å². The highest BCUT2D eigenvalue weighted by Gasteiger charge is 2.25. The molecule has 1 saturated heterocycles. The van der Waals surface area contributed by atoms with E-state index in [2.05, 4.69) is 18.7 Å². The maximum Gasteiger partial charge on any atom is 0.0602 e. The Hall–Kier alpha value is 0.210. The number of hydrogen-bond donors (Lipinski definition) is 0. The van der Waals surface area contributed by atoms with Crippen LogP contribution >= 0.6 is 11.6 Å². The van der Waals surface area contributed by atoms with Gasteiger partial charge in [0.15, 0.2) is 0 Å². The summed E-state index contributed by atoms with van der Waals surface area (Å²) in [7, 11) is 0. The molecule has 13 heavy (non-hydrogen) atoms. The number of alkyl halides is 1. The zero-order chi connectivity index (χ0) is 9.68. The van der Waals surface area contributed by atoms with Gasteiger partial charge in [0.1, 0.15) is 0 Å². The number of rotatable bonds is 5. The molecule has 1 fully saturated rings. The maximum atomic E-state index is 5.51. The Morgan fingerprint density at radius 2 is 2.15 bits per heavy atom. The van der Waals surface area contributed by atoms with Crippen LogP contribution in [0, 0.1) is 5.92 Å². The number of likely N-dealkylation sites (tertiary alicyclic amines) is 1. The van der Waals surface area contributed by atoms with Crippen LogP contribution in [0.3, 0.4) is 0 Å². The first kappa shape index (κ1) is 11.3. The Labute approximate surface area is 86.2 Å². The van der Waals surface area contributed by atoms with E-state index in [9.17, 15) is 0 Å². The van der Waals surface area contributed by atoms with Gasteiger partial charge in [0.2, 0.25) is 0 Å². The molecular weight excluding hydrogens is 186 g/mol. The first-order chi connectivity index (χ1) is 6.24. The second-order valence-corrected chi connectivity index (χ2v) is 4.36. The summed E-state index contributed by atoms with van der Waals surface area (Å²) in [6.07, 6.45) is 1.33. The van der Waals surface area contributed by atoms with Crippen molar-refractivity contribution >= 4 is 11.6 Å². The van der Waals surface area contributed by atoms with Crippen LogP contribution in [0.25, 0.3) is 0 Å². The van der Waals surface area contributed by atoms with Crippen LogP contribution < -0.4 is 0 Å². The van der Waals surface area contributed by atoms with Crippen molar-refractivity contribution in [1.29, 1.82) is 0 Å². The average Bonchev–Trinajstić information content (AvgIpc) is 2.39. The quantitative estimate of drug-likeness (QED) is 0.503. The fourth-order valence-electron chi connectivity index (χ4n) is 2.04. The molecule has 1 aliphatic rings. The highest BCUT2D eigenvalue weighted by molar-refractivity contribution is 6.17. The summed E-state index contributed by atoms with van der Waals surface area (Å²) in [5.41, 5.74) is 0. The summed E-state index contributed by atoms with van der Waals surface area (Å²) in [5, 5.41) is 0. The fourth-order valence-corrected chi connectivity index (χ4v) is 2.15. The van der Waals surface area contributed by atoms with Crippen LogP contribution in [0.5, 0.6) is 0 Å². The molecule has 0 bridgehead atoms. The minimum absolute atomic E-state index is 0.603. The van der Waals surface area contributed by atoms with E-state index in [0.29, 0.717) is 12.5 Å². The molecule has 0 saturated carbocycles. The van der Waals surface area contributed by atoms with Crippen molar-refractivity contribution in [3.05, 3.63) is 0 Å². The SMILES string of the molecule is CC1CC(C)N(CCOCCCl)C1. The molecular formula is C10H20ClNO. The third-order valence-electron chi connectivity index (χ3n) is 2.66. The second-order valence-electron chi connectivity index (χ2n) is 3.99. The second kappa shape index (κ2) is 5.84. The van der Waals surface area contributed by atoms with E-state index in [1.54, 1.807) is 0 Å². The van der Waals surface area contributed by atoms with E-state index in [1.807, 2.05) is 0 Å². The molecule has 0 aliphatic carbocycles. The Kier molecular flexibility index (Phi) is 5.07. The molecule has 2 unspecified atom stereocenters. The smallest absolute Gasteiger partial charge is 0.0602 e. The lowest BCUT2D eigenvalue weighted by molar-refractivity contribution is 0.112. The highest BCUT2D eigenvalue weighted by atomic mass is 35.5. The number of ether oxygens (including phenoxy) is 1. The molecule has 1 aliphatic heterocycles. The molecule has 2 nitrogen and oxygen atoms in total. The molecule has 0 radical (unpaired) electrons. The lowest BCUT2D eigenvalue weighted by atomic mass is 10.1. The van der Waals surface area contributed by atoms with Crippen LogP contribution in [-0.2, 0) is 4.74 Å². The predicted molar refractivity (Wildman–Crippen MR) is 56.4 cm³/mol. The van der Waals surface area contributed by atoms with Crippen molar-refractivity contribution in [1.82, 2.24) is 4.90 Å². The van der Waals surface area contributed by atoms with Gasteiger partial charge < -0.3 is 4.74 Å². The molecule has 1 heterocycles. The van der Waals surface area contributed by atoms with E-state index >= 15 is 0 Å². The summed E-state index contributed by atoms with van der Waals surface area (Å²) in [6, 6.07) is 0.731. The summed E-state index contributed by atoms with van der Waals surface area (Å²) in [6.45, 7) is 8.40. The van der Waals surface area contributed by atoms with Crippen LogP contribution in [-0.4, -0.2) is 43.1 Å². The Morgan fingerprint density at radius 1 is 1.38 bits per heavy atom. The summed E-state index contributed by atoms with van der Waals surface area (Å²) in [5.74, 6) is 1.45. The zero-order valence-electron chi connectivity index (χ0n) is 8.63. The first-order valence-electron chi connectivity index (χ1n) is 5.11. The third-order valence-corrected chi connectivity index (χ3v) is 2.81. The van der Waals surface area contributed by atoms with Crippen molar-refractivity contribution < 1.29 is 4.74 Å². The standard InChI is InChI=1S/C10H20ClNO/c1-9-7-10(2)12(8-9)4-6-13-5-3-11/h9-10H,3-8H2,1-2H3. The van der Waals surface area contributed by atoms with Gasteiger partial charge in [0.05, 0.1) is 13.2 Å². The van der Waals surface area contributed by atoms with E-state index < -0.39 is 0 Å². The molecule has 1 rings (SSSR count). The summed E-state index contributed by atoms with van der Waals surface area (Å²) < 4.78 is 5.35. The van der Waals surface area contributed by atoms with Gasteiger partial charge in [-0.2, -0.15) is 0 Å². The van der Waals surface area contributed by atoms with Gasteiger partial charge in [-0.05, 0) is 19.3 Å². The van der Waals surface area contributed by atoms with Gasteiger partial charge in [0.25, 0.3) is 0 Å². The first-order valence-corrected chi connectivity index (χ1v) is 5.65. The molecule has 78 valence electrons. The molecule has 0 aromatic heterocycles.